The lowest BCUT2D eigenvalue weighted by Gasteiger charge is -2.26. The van der Waals surface area contributed by atoms with Gasteiger partial charge in [0.1, 0.15) is 6.10 Å². The maximum Gasteiger partial charge on any atom is 0.220 e. The smallest absolute Gasteiger partial charge is 0.220 e. The third kappa shape index (κ3) is 42.8. The summed E-state index contributed by atoms with van der Waals surface area (Å²) < 4.78 is 0. The molecule has 0 bridgehead atoms. The molecule has 5 heteroatoms. The second-order valence-corrected chi connectivity index (χ2v) is 17.7. The lowest BCUT2D eigenvalue weighted by atomic mass is 10.0. The van der Waals surface area contributed by atoms with Crippen molar-refractivity contribution in [2.75, 3.05) is 6.61 Å². The summed E-state index contributed by atoms with van der Waals surface area (Å²) in [7, 11) is 0. The lowest BCUT2D eigenvalue weighted by Crippen LogP contribution is -2.50. The van der Waals surface area contributed by atoms with Gasteiger partial charge in [0.05, 0.1) is 18.8 Å². The summed E-state index contributed by atoms with van der Waals surface area (Å²) in [4.78, 5) is 12.4. The average molecular weight is 804 g/mol. The molecule has 0 radical (unpaired) electrons. The van der Waals surface area contributed by atoms with Gasteiger partial charge in [-0.3, -0.25) is 4.79 Å². The number of carbonyl (C=O) groups excluding carboxylic acids is 1. The summed E-state index contributed by atoms with van der Waals surface area (Å²) in [5.41, 5.74) is 0. The van der Waals surface area contributed by atoms with Gasteiger partial charge < -0.3 is 20.6 Å². The number of nitrogens with one attached hydrogen (secondary N) is 1. The molecule has 0 aliphatic carbocycles. The fourth-order valence-corrected chi connectivity index (χ4v) is 8.07. The van der Waals surface area contributed by atoms with Crippen molar-refractivity contribution < 1.29 is 20.1 Å². The van der Waals surface area contributed by atoms with Crippen LogP contribution in [0.4, 0.5) is 0 Å². The van der Waals surface area contributed by atoms with Crippen LogP contribution in [0, 0.1) is 0 Å². The molecule has 0 spiro atoms. The Morgan fingerprint density at radius 2 is 0.737 bits per heavy atom. The summed E-state index contributed by atoms with van der Waals surface area (Å²) in [5, 5.41) is 33.4. The first-order valence-electron chi connectivity index (χ1n) is 25.6. The van der Waals surface area contributed by atoms with E-state index in [4.69, 9.17) is 0 Å². The molecule has 4 N–H and O–H groups in total. The van der Waals surface area contributed by atoms with Gasteiger partial charge in [0.2, 0.25) is 5.91 Å². The summed E-state index contributed by atoms with van der Waals surface area (Å²) in [5.74, 6) is -0.156. The van der Waals surface area contributed by atoms with Crippen molar-refractivity contribution in [2.24, 2.45) is 0 Å². The minimum absolute atomic E-state index is 0.156. The highest BCUT2D eigenvalue weighted by Crippen LogP contribution is 2.17. The van der Waals surface area contributed by atoms with Gasteiger partial charge in [-0.05, 0) is 44.9 Å². The van der Waals surface area contributed by atoms with Crippen LogP contribution >= 0.6 is 0 Å². The van der Waals surface area contributed by atoms with E-state index in [-0.39, 0.29) is 12.5 Å². The van der Waals surface area contributed by atoms with E-state index in [1.54, 1.807) is 0 Å². The third-order valence-corrected chi connectivity index (χ3v) is 12.0. The first-order chi connectivity index (χ1) is 28.1. The number of carbonyl (C=O) groups is 1. The second-order valence-electron chi connectivity index (χ2n) is 17.7. The van der Waals surface area contributed by atoms with Gasteiger partial charge in [-0.1, -0.05) is 250 Å². The Balaban J connectivity index is 3.43. The Kier molecular flexibility index (Phi) is 46.5. The maximum atomic E-state index is 12.4. The van der Waals surface area contributed by atoms with Crippen LogP contribution in [0.5, 0.6) is 0 Å². The molecule has 3 unspecified atom stereocenters. The molecule has 0 heterocycles. The van der Waals surface area contributed by atoms with Crippen molar-refractivity contribution >= 4 is 5.91 Å². The largest absolute Gasteiger partial charge is 0.394 e. The molecular formula is C52H101NO4. The lowest BCUT2D eigenvalue weighted by molar-refractivity contribution is -0.124. The van der Waals surface area contributed by atoms with E-state index < -0.39 is 18.2 Å². The third-order valence-electron chi connectivity index (χ3n) is 12.0. The van der Waals surface area contributed by atoms with Crippen LogP contribution in [-0.4, -0.2) is 46.1 Å². The maximum absolute atomic E-state index is 12.4. The van der Waals surface area contributed by atoms with Crippen LogP contribution in [0.1, 0.15) is 277 Å². The number of unbranched alkanes of at least 4 members (excludes halogenated alkanes) is 35. The van der Waals surface area contributed by atoms with Crippen LogP contribution < -0.4 is 5.32 Å². The zero-order valence-corrected chi connectivity index (χ0v) is 38.5. The fraction of sp³-hybridized carbons (Fsp3) is 0.904. The Hall–Kier alpha value is -1.17. The molecule has 0 aliphatic heterocycles. The monoisotopic (exact) mass is 804 g/mol. The molecule has 0 aromatic rings. The molecule has 57 heavy (non-hydrogen) atoms. The van der Waals surface area contributed by atoms with Crippen molar-refractivity contribution in [1.29, 1.82) is 0 Å². The van der Waals surface area contributed by atoms with Gasteiger partial charge in [0.25, 0.3) is 0 Å². The zero-order chi connectivity index (χ0) is 41.5. The van der Waals surface area contributed by atoms with Crippen molar-refractivity contribution in [2.45, 2.75) is 295 Å². The quantitative estimate of drug-likeness (QED) is 0.0364. The molecule has 0 aromatic carbocycles. The summed E-state index contributed by atoms with van der Waals surface area (Å²) in [6.45, 7) is 4.10. The van der Waals surface area contributed by atoms with Gasteiger partial charge in [-0.2, -0.15) is 0 Å². The Bertz CT molecular complexity index is 844. The normalized spacial score (nSPS) is 13.6. The van der Waals surface area contributed by atoms with E-state index >= 15 is 0 Å². The molecule has 5 nitrogen and oxygen atoms in total. The van der Waals surface area contributed by atoms with Gasteiger partial charge >= 0.3 is 0 Å². The summed E-state index contributed by atoms with van der Waals surface area (Å²) in [6.07, 6.45) is 59.2. The van der Waals surface area contributed by atoms with Crippen LogP contribution in [-0.2, 0) is 4.79 Å². The first-order valence-corrected chi connectivity index (χ1v) is 25.6. The van der Waals surface area contributed by atoms with E-state index in [0.717, 1.165) is 51.4 Å². The van der Waals surface area contributed by atoms with E-state index in [0.29, 0.717) is 12.8 Å². The number of hydrogen-bond acceptors (Lipinski definition) is 4. The SMILES string of the molecule is CCC/C=C/CC/C=C/CCCC(O)C(O)C(CO)NC(=O)CCCCCCCCCCCCCCCCCCCCCCCCCCCCCCCCCCC. The zero-order valence-electron chi connectivity index (χ0n) is 38.5. The number of allylic oxidation sites excluding steroid dienone is 4. The second kappa shape index (κ2) is 47.5. The van der Waals surface area contributed by atoms with E-state index in [1.165, 1.54) is 199 Å². The van der Waals surface area contributed by atoms with Crippen LogP contribution in [0.3, 0.4) is 0 Å². The number of aliphatic hydroxyl groups excluding tert-OH is 3. The molecule has 0 aliphatic rings. The molecule has 3 atom stereocenters. The van der Waals surface area contributed by atoms with Gasteiger partial charge in [-0.15, -0.1) is 0 Å². The fourth-order valence-electron chi connectivity index (χ4n) is 8.07. The number of hydrogen-bond donors (Lipinski definition) is 4. The minimum atomic E-state index is -1.16. The minimum Gasteiger partial charge on any atom is -0.394 e. The van der Waals surface area contributed by atoms with Crippen molar-refractivity contribution in [3.8, 4) is 0 Å². The van der Waals surface area contributed by atoms with Gasteiger partial charge in [0.15, 0.2) is 0 Å². The van der Waals surface area contributed by atoms with Gasteiger partial charge in [0, 0.05) is 6.42 Å². The highest BCUT2D eigenvalue weighted by molar-refractivity contribution is 5.76. The molecule has 0 saturated heterocycles. The summed E-state index contributed by atoms with van der Waals surface area (Å²) in [6, 6.07) is -0.828. The average Bonchev–Trinajstić information content (AvgIpc) is 3.22. The highest BCUT2D eigenvalue weighted by atomic mass is 16.3. The first kappa shape index (κ1) is 55.8. The molecule has 338 valence electrons. The molecule has 0 fully saturated rings. The summed E-state index contributed by atoms with van der Waals surface area (Å²) >= 11 is 0. The van der Waals surface area contributed by atoms with E-state index in [9.17, 15) is 20.1 Å². The Morgan fingerprint density at radius 1 is 0.421 bits per heavy atom. The number of amides is 1. The topological polar surface area (TPSA) is 89.8 Å². The van der Waals surface area contributed by atoms with Crippen LogP contribution in [0.15, 0.2) is 24.3 Å². The highest BCUT2D eigenvalue weighted by Gasteiger charge is 2.26. The number of aliphatic hydroxyl groups is 3. The predicted octanol–water partition coefficient (Wildman–Crippen LogP) is 15.3. The van der Waals surface area contributed by atoms with E-state index in [2.05, 4.69) is 43.5 Å². The van der Waals surface area contributed by atoms with Crippen molar-refractivity contribution in [3.63, 3.8) is 0 Å². The Labute approximate surface area is 356 Å². The van der Waals surface area contributed by atoms with Crippen molar-refractivity contribution in [3.05, 3.63) is 24.3 Å². The Morgan fingerprint density at radius 3 is 1.07 bits per heavy atom. The van der Waals surface area contributed by atoms with Gasteiger partial charge in [-0.25, -0.2) is 0 Å². The number of rotatable bonds is 47. The predicted molar refractivity (Wildman–Crippen MR) is 250 cm³/mol. The van der Waals surface area contributed by atoms with E-state index in [1.807, 2.05) is 0 Å². The molecule has 0 rings (SSSR count). The standard InChI is InChI=1S/C52H101NO4/c1-3-5-7-9-11-13-15-16-17-18-19-20-21-22-23-24-25-26-27-28-29-30-31-32-33-34-35-36-37-39-41-43-45-47-51(56)53-49(48-54)52(57)50(55)46-44-42-40-38-14-12-10-8-6-4-2/h8,10,38,40,49-50,52,54-55,57H,3-7,9,11-37,39,41-48H2,1-2H3,(H,53,56)/b10-8+,40-38+. The molecule has 1 amide bonds. The van der Waals surface area contributed by atoms with Crippen LogP contribution in [0.25, 0.3) is 0 Å². The van der Waals surface area contributed by atoms with Crippen molar-refractivity contribution in [1.82, 2.24) is 5.32 Å². The molecule has 0 aromatic heterocycles. The molecule has 0 saturated carbocycles. The molecular weight excluding hydrogens is 703 g/mol. The van der Waals surface area contributed by atoms with Crippen LogP contribution in [0.2, 0.25) is 0 Å².